The number of aliphatic hydroxyl groups excluding tert-OH is 2. The minimum atomic E-state index is -1.04. The predicted molar refractivity (Wildman–Crippen MR) is 124 cm³/mol. The maximum Gasteiger partial charge on any atom is 0.338 e. The number of nitrogens with two attached hydrogens (primary N) is 1. The third kappa shape index (κ3) is 5.30. The SMILES string of the molecule is Nc1ncc2ncn(CCC(CO)(CO)COC(=O)c3ccc(Oc4ccccc4)cc3)c2n1. The lowest BCUT2D eigenvalue weighted by atomic mass is 9.87. The standard InChI is InChI=1S/C24H25N5O5/c25-23-26-12-20-21(28-23)29(16-27-20)11-10-24(13-30,14-31)15-33-22(32)17-6-8-19(9-7-17)34-18-4-2-1-3-5-18/h1-9,12,16,30-31H,10-11,13-15H2,(H2,25,26,28). The van der Waals surface area contributed by atoms with Crippen LogP contribution in [0.15, 0.2) is 67.1 Å². The molecule has 2 aromatic carbocycles. The molecule has 34 heavy (non-hydrogen) atoms. The fourth-order valence-corrected chi connectivity index (χ4v) is 3.35. The molecule has 0 fully saturated rings. The minimum Gasteiger partial charge on any atom is -0.461 e. The van der Waals surface area contributed by atoms with E-state index in [1.165, 1.54) is 6.20 Å². The number of nitrogen functional groups attached to an aromatic ring is 1. The molecule has 0 saturated carbocycles. The maximum absolute atomic E-state index is 12.6. The summed E-state index contributed by atoms with van der Waals surface area (Å²) in [5.74, 6) is 0.832. The molecule has 0 radical (unpaired) electrons. The molecule has 0 bridgehead atoms. The van der Waals surface area contributed by atoms with Gasteiger partial charge in [0.05, 0.1) is 36.7 Å². The summed E-state index contributed by atoms with van der Waals surface area (Å²) >= 11 is 0. The number of aromatic nitrogens is 4. The number of hydrogen-bond donors (Lipinski definition) is 3. The molecule has 4 N–H and O–H groups in total. The van der Waals surface area contributed by atoms with E-state index in [-0.39, 0.29) is 25.8 Å². The summed E-state index contributed by atoms with van der Waals surface area (Å²) in [4.78, 5) is 24.9. The molecule has 4 rings (SSSR count). The highest BCUT2D eigenvalue weighted by atomic mass is 16.5. The lowest BCUT2D eigenvalue weighted by Crippen LogP contribution is -2.37. The molecule has 0 aliphatic rings. The third-order valence-corrected chi connectivity index (χ3v) is 5.51. The lowest BCUT2D eigenvalue weighted by Gasteiger charge is -2.29. The van der Waals surface area contributed by atoms with E-state index in [0.29, 0.717) is 41.2 Å². The van der Waals surface area contributed by atoms with Crippen molar-refractivity contribution in [2.24, 2.45) is 5.41 Å². The van der Waals surface area contributed by atoms with E-state index in [9.17, 15) is 15.0 Å². The summed E-state index contributed by atoms with van der Waals surface area (Å²) in [6, 6.07) is 15.8. The van der Waals surface area contributed by atoms with Crippen LogP contribution in [0.5, 0.6) is 11.5 Å². The van der Waals surface area contributed by atoms with Gasteiger partial charge in [-0.15, -0.1) is 0 Å². The van der Waals surface area contributed by atoms with Gasteiger partial charge in [-0.25, -0.2) is 14.8 Å². The number of carbonyl (C=O) groups excluding carboxylic acids is 1. The summed E-state index contributed by atoms with van der Waals surface area (Å²) in [7, 11) is 0. The van der Waals surface area contributed by atoms with Crippen LogP contribution in [0.3, 0.4) is 0 Å². The first-order chi connectivity index (χ1) is 16.5. The molecule has 10 nitrogen and oxygen atoms in total. The number of imidazole rings is 1. The molecule has 0 amide bonds. The number of para-hydroxylation sites is 1. The Bertz CT molecular complexity index is 1240. The monoisotopic (exact) mass is 463 g/mol. The molecule has 10 heteroatoms. The molecular weight excluding hydrogens is 438 g/mol. The summed E-state index contributed by atoms with van der Waals surface area (Å²) in [6.07, 6.45) is 3.42. The fourth-order valence-electron chi connectivity index (χ4n) is 3.35. The smallest absolute Gasteiger partial charge is 0.338 e. The Morgan fingerprint density at radius 1 is 1.00 bits per heavy atom. The van der Waals surface area contributed by atoms with Crippen LogP contribution in [-0.2, 0) is 11.3 Å². The quantitative estimate of drug-likeness (QED) is 0.302. The highest BCUT2D eigenvalue weighted by molar-refractivity contribution is 5.89. The van der Waals surface area contributed by atoms with Crippen molar-refractivity contribution < 1.29 is 24.5 Å². The van der Waals surface area contributed by atoms with Gasteiger partial charge in [-0.05, 0) is 42.8 Å². The van der Waals surface area contributed by atoms with E-state index in [1.807, 2.05) is 30.3 Å². The molecular formula is C24H25N5O5. The number of fused-ring (bicyclic) bond motifs is 1. The van der Waals surface area contributed by atoms with E-state index >= 15 is 0 Å². The van der Waals surface area contributed by atoms with E-state index in [0.717, 1.165) is 0 Å². The van der Waals surface area contributed by atoms with E-state index in [2.05, 4.69) is 15.0 Å². The van der Waals surface area contributed by atoms with Gasteiger partial charge in [-0.3, -0.25) is 0 Å². The van der Waals surface area contributed by atoms with Gasteiger partial charge in [0.25, 0.3) is 0 Å². The number of ether oxygens (including phenoxy) is 2. The number of nitrogens with zero attached hydrogens (tertiary/aromatic N) is 4. The first kappa shape index (κ1) is 23.1. The van der Waals surface area contributed by atoms with E-state index in [4.69, 9.17) is 15.2 Å². The number of rotatable bonds is 10. The molecule has 0 aliphatic heterocycles. The van der Waals surface area contributed by atoms with Gasteiger partial charge in [0, 0.05) is 6.54 Å². The third-order valence-electron chi connectivity index (χ3n) is 5.51. The van der Waals surface area contributed by atoms with Crippen molar-refractivity contribution in [3.05, 3.63) is 72.7 Å². The van der Waals surface area contributed by atoms with E-state index < -0.39 is 11.4 Å². The second-order valence-electron chi connectivity index (χ2n) is 7.96. The van der Waals surface area contributed by atoms with Crippen LogP contribution < -0.4 is 10.5 Å². The summed E-state index contributed by atoms with van der Waals surface area (Å²) in [5.41, 5.74) is 6.08. The van der Waals surface area contributed by atoms with Crippen LogP contribution in [0.2, 0.25) is 0 Å². The molecule has 0 unspecified atom stereocenters. The van der Waals surface area contributed by atoms with Gasteiger partial charge in [0.1, 0.15) is 23.6 Å². The minimum absolute atomic E-state index is 0.124. The zero-order valence-corrected chi connectivity index (χ0v) is 18.4. The van der Waals surface area contributed by atoms with Crippen molar-refractivity contribution in [1.82, 2.24) is 19.5 Å². The Morgan fingerprint density at radius 3 is 2.41 bits per heavy atom. The fraction of sp³-hybridized carbons (Fsp3) is 0.250. The Balaban J connectivity index is 1.37. The van der Waals surface area contributed by atoms with Crippen LogP contribution in [0, 0.1) is 5.41 Å². The molecule has 4 aromatic rings. The zero-order chi connectivity index (χ0) is 24.0. The van der Waals surface area contributed by atoms with Gasteiger partial charge in [0.2, 0.25) is 5.95 Å². The number of benzene rings is 2. The number of aryl methyl sites for hydroxylation is 1. The van der Waals surface area contributed by atoms with Gasteiger partial charge < -0.3 is 30.0 Å². The number of hydrogen-bond acceptors (Lipinski definition) is 9. The lowest BCUT2D eigenvalue weighted by molar-refractivity contribution is -0.0221. The van der Waals surface area contributed by atoms with Crippen LogP contribution in [-0.4, -0.2) is 55.5 Å². The molecule has 176 valence electrons. The normalized spacial score (nSPS) is 11.5. The van der Waals surface area contributed by atoms with Crippen molar-refractivity contribution >= 4 is 23.1 Å². The van der Waals surface area contributed by atoms with E-state index in [1.54, 1.807) is 35.2 Å². The van der Waals surface area contributed by atoms with Crippen molar-refractivity contribution in [2.75, 3.05) is 25.6 Å². The average Bonchev–Trinajstić information content (AvgIpc) is 3.27. The number of esters is 1. The van der Waals surface area contributed by atoms with Crippen molar-refractivity contribution in [3.8, 4) is 11.5 Å². The number of aliphatic hydroxyl groups is 2. The largest absolute Gasteiger partial charge is 0.461 e. The molecule has 0 atom stereocenters. The Kier molecular flexibility index (Phi) is 7.00. The van der Waals surface area contributed by atoms with Gasteiger partial charge in [0.15, 0.2) is 5.65 Å². The Labute approximate surface area is 195 Å². The van der Waals surface area contributed by atoms with Gasteiger partial charge in [-0.2, -0.15) is 4.98 Å². The topological polar surface area (TPSA) is 146 Å². The molecule has 2 aromatic heterocycles. The van der Waals surface area contributed by atoms with Gasteiger partial charge >= 0.3 is 5.97 Å². The molecule has 2 heterocycles. The second kappa shape index (κ2) is 10.3. The maximum atomic E-state index is 12.6. The first-order valence-corrected chi connectivity index (χ1v) is 10.7. The Morgan fingerprint density at radius 2 is 1.71 bits per heavy atom. The first-order valence-electron chi connectivity index (χ1n) is 10.7. The average molecular weight is 463 g/mol. The van der Waals surface area contributed by atoms with Crippen LogP contribution >= 0.6 is 0 Å². The highest BCUT2D eigenvalue weighted by Gasteiger charge is 2.31. The van der Waals surface area contributed by atoms with Crippen LogP contribution in [0.1, 0.15) is 16.8 Å². The number of carbonyl (C=O) groups is 1. The highest BCUT2D eigenvalue weighted by Crippen LogP contribution is 2.25. The second-order valence-corrected chi connectivity index (χ2v) is 7.96. The summed E-state index contributed by atoms with van der Waals surface area (Å²) in [5, 5.41) is 20.0. The zero-order valence-electron chi connectivity index (χ0n) is 18.4. The van der Waals surface area contributed by atoms with Gasteiger partial charge in [-0.1, -0.05) is 18.2 Å². The molecule has 0 aliphatic carbocycles. The van der Waals surface area contributed by atoms with Crippen molar-refractivity contribution in [1.29, 1.82) is 0 Å². The van der Waals surface area contributed by atoms with Crippen LogP contribution in [0.4, 0.5) is 5.95 Å². The molecule has 0 spiro atoms. The molecule has 0 saturated heterocycles. The Hall–Kier alpha value is -4.02. The van der Waals surface area contributed by atoms with Crippen molar-refractivity contribution in [2.45, 2.75) is 13.0 Å². The summed E-state index contributed by atoms with van der Waals surface area (Å²) in [6.45, 7) is -0.531. The summed E-state index contributed by atoms with van der Waals surface area (Å²) < 4.78 is 12.9. The van der Waals surface area contributed by atoms with Crippen molar-refractivity contribution in [3.63, 3.8) is 0 Å². The number of anilines is 1. The predicted octanol–water partition coefficient (Wildman–Crippen LogP) is 2.42. The van der Waals surface area contributed by atoms with Crippen LogP contribution in [0.25, 0.3) is 11.2 Å².